The molecule has 0 spiro atoms. The van der Waals surface area contributed by atoms with Crippen LogP contribution in [-0.4, -0.2) is 32.8 Å². The van der Waals surface area contributed by atoms with Crippen molar-refractivity contribution in [2.75, 3.05) is 13.2 Å². The van der Waals surface area contributed by atoms with E-state index in [1.165, 1.54) is 12.1 Å². The topological polar surface area (TPSA) is 75.6 Å². The highest BCUT2D eigenvalue weighted by molar-refractivity contribution is 7.89. The summed E-state index contributed by atoms with van der Waals surface area (Å²) in [6.07, 6.45) is 2.02. The average Bonchev–Trinajstić information content (AvgIpc) is 2.39. The summed E-state index contributed by atoms with van der Waals surface area (Å²) < 4.78 is 31.7. The van der Waals surface area contributed by atoms with Gasteiger partial charge in [-0.3, -0.25) is 0 Å². The summed E-state index contributed by atoms with van der Waals surface area (Å²) in [4.78, 5) is 0.163. The van der Waals surface area contributed by atoms with E-state index in [0.717, 1.165) is 12.8 Å². The van der Waals surface area contributed by atoms with Gasteiger partial charge >= 0.3 is 0 Å². The zero-order valence-corrected chi connectivity index (χ0v) is 12.1. The SMILES string of the molecule is CCCCOc1ccc(S(=O)(=O)NC(C)CO)cc1. The summed E-state index contributed by atoms with van der Waals surface area (Å²) in [6.45, 7) is 4.06. The van der Waals surface area contributed by atoms with E-state index in [4.69, 9.17) is 9.84 Å². The number of hydrogen-bond acceptors (Lipinski definition) is 4. The van der Waals surface area contributed by atoms with Gasteiger partial charge in [0, 0.05) is 6.04 Å². The van der Waals surface area contributed by atoms with Crippen molar-refractivity contribution in [3.63, 3.8) is 0 Å². The van der Waals surface area contributed by atoms with Crippen molar-refractivity contribution in [3.05, 3.63) is 24.3 Å². The third-order valence-electron chi connectivity index (χ3n) is 2.53. The van der Waals surface area contributed by atoms with Gasteiger partial charge in [-0.15, -0.1) is 0 Å². The first-order valence-electron chi connectivity index (χ1n) is 6.35. The van der Waals surface area contributed by atoms with Crippen LogP contribution >= 0.6 is 0 Å². The van der Waals surface area contributed by atoms with Gasteiger partial charge in [-0.25, -0.2) is 13.1 Å². The molecule has 1 aromatic carbocycles. The fraction of sp³-hybridized carbons (Fsp3) is 0.538. The highest BCUT2D eigenvalue weighted by Crippen LogP contribution is 2.16. The average molecular weight is 287 g/mol. The summed E-state index contributed by atoms with van der Waals surface area (Å²) >= 11 is 0. The Kier molecular flexibility index (Phi) is 6.27. The lowest BCUT2D eigenvalue weighted by atomic mass is 10.3. The van der Waals surface area contributed by atoms with Crippen LogP contribution in [0.3, 0.4) is 0 Å². The summed E-state index contributed by atoms with van der Waals surface area (Å²) in [5, 5.41) is 8.86. The Balaban J connectivity index is 2.69. The van der Waals surface area contributed by atoms with Gasteiger partial charge in [-0.05, 0) is 37.6 Å². The van der Waals surface area contributed by atoms with Crippen LogP contribution in [0.25, 0.3) is 0 Å². The van der Waals surface area contributed by atoms with E-state index in [1.807, 2.05) is 0 Å². The maximum Gasteiger partial charge on any atom is 0.240 e. The van der Waals surface area contributed by atoms with Crippen LogP contribution in [0.15, 0.2) is 29.2 Å². The van der Waals surface area contributed by atoms with Gasteiger partial charge in [0.25, 0.3) is 0 Å². The summed E-state index contributed by atoms with van der Waals surface area (Å²) in [5.41, 5.74) is 0. The second-order valence-electron chi connectivity index (χ2n) is 4.38. The van der Waals surface area contributed by atoms with Crippen molar-refractivity contribution in [1.29, 1.82) is 0 Å². The fourth-order valence-electron chi connectivity index (χ4n) is 1.42. The van der Waals surface area contributed by atoms with E-state index in [-0.39, 0.29) is 11.5 Å². The molecule has 19 heavy (non-hydrogen) atoms. The highest BCUT2D eigenvalue weighted by atomic mass is 32.2. The Hall–Kier alpha value is -1.11. The van der Waals surface area contributed by atoms with E-state index in [2.05, 4.69) is 11.6 Å². The molecule has 108 valence electrons. The predicted octanol–water partition coefficient (Wildman–Crippen LogP) is 1.52. The second-order valence-corrected chi connectivity index (χ2v) is 6.09. The number of aliphatic hydroxyl groups is 1. The molecule has 0 heterocycles. The number of nitrogens with one attached hydrogen (secondary N) is 1. The van der Waals surface area contributed by atoms with E-state index in [0.29, 0.717) is 12.4 Å². The molecule has 1 aromatic rings. The zero-order chi connectivity index (χ0) is 14.3. The lowest BCUT2D eigenvalue weighted by Gasteiger charge is -2.12. The Morgan fingerprint density at radius 1 is 1.32 bits per heavy atom. The minimum Gasteiger partial charge on any atom is -0.494 e. The maximum absolute atomic E-state index is 11.9. The molecule has 0 saturated heterocycles. The molecule has 0 aliphatic heterocycles. The Labute approximate surface area is 114 Å². The highest BCUT2D eigenvalue weighted by Gasteiger charge is 2.16. The Bertz CT molecular complexity index is 470. The molecule has 1 atom stereocenters. The first-order chi connectivity index (χ1) is 8.99. The molecule has 1 unspecified atom stereocenters. The zero-order valence-electron chi connectivity index (χ0n) is 11.3. The number of hydrogen-bond donors (Lipinski definition) is 2. The van der Waals surface area contributed by atoms with E-state index in [1.54, 1.807) is 19.1 Å². The van der Waals surface area contributed by atoms with Crippen molar-refractivity contribution in [2.24, 2.45) is 0 Å². The number of ether oxygens (including phenoxy) is 1. The van der Waals surface area contributed by atoms with Crippen LogP contribution in [0.5, 0.6) is 5.75 Å². The van der Waals surface area contributed by atoms with Crippen molar-refractivity contribution in [2.45, 2.75) is 37.6 Å². The molecule has 1 rings (SSSR count). The van der Waals surface area contributed by atoms with Gasteiger partial charge in [0.2, 0.25) is 10.0 Å². The second kappa shape index (κ2) is 7.47. The third kappa shape index (κ3) is 5.18. The molecule has 0 amide bonds. The number of aliphatic hydroxyl groups excluding tert-OH is 1. The van der Waals surface area contributed by atoms with Gasteiger partial charge in [-0.1, -0.05) is 13.3 Å². The molecular weight excluding hydrogens is 266 g/mol. The van der Waals surface area contributed by atoms with E-state index >= 15 is 0 Å². The third-order valence-corrected chi connectivity index (χ3v) is 4.14. The van der Waals surface area contributed by atoms with Gasteiger partial charge in [0.15, 0.2) is 0 Å². The molecular formula is C13H21NO4S. The smallest absolute Gasteiger partial charge is 0.240 e. The maximum atomic E-state index is 11.9. The minimum absolute atomic E-state index is 0.163. The first kappa shape index (κ1) is 15.9. The number of benzene rings is 1. The van der Waals surface area contributed by atoms with Crippen LogP contribution in [0, 0.1) is 0 Å². The first-order valence-corrected chi connectivity index (χ1v) is 7.84. The van der Waals surface area contributed by atoms with Crippen molar-refractivity contribution < 1.29 is 18.3 Å². The number of rotatable bonds is 8. The monoisotopic (exact) mass is 287 g/mol. The molecule has 2 N–H and O–H groups in total. The summed E-state index contributed by atoms with van der Waals surface area (Å²) in [7, 11) is -3.58. The summed E-state index contributed by atoms with van der Waals surface area (Å²) in [5.74, 6) is 0.655. The van der Waals surface area contributed by atoms with E-state index < -0.39 is 16.1 Å². The molecule has 0 bridgehead atoms. The van der Waals surface area contributed by atoms with Gasteiger partial charge in [0.05, 0.1) is 18.1 Å². The summed E-state index contributed by atoms with van der Waals surface area (Å²) in [6, 6.07) is 5.74. The lowest BCUT2D eigenvalue weighted by Crippen LogP contribution is -2.34. The lowest BCUT2D eigenvalue weighted by molar-refractivity contribution is 0.265. The van der Waals surface area contributed by atoms with Crippen molar-refractivity contribution >= 4 is 10.0 Å². The standard InChI is InChI=1S/C13H21NO4S/c1-3-4-9-18-12-5-7-13(8-6-12)19(16,17)14-11(2)10-15/h5-8,11,14-15H,3-4,9-10H2,1-2H3. The minimum atomic E-state index is -3.58. The molecule has 0 aliphatic carbocycles. The predicted molar refractivity (Wildman–Crippen MR) is 73.7 cm³/mol. The van der Waals surface area contributed by atoms with E-state index in [9.17, 15) is 8.42 Å². The molecule has 0 saturated carbocycles. The Morgan fingerprint density at radius 3 is 2.47 bits per heavy atom. The van der Waals surface area contributed by atoms with Crippen LogP contribution in [0.2, 0.25) is 0 Å². The quantitative estimate of drug-likeness (QED) is 0.711. The molecule has 0 aromatic heterocycles. The van der Waals surface area contributed by atoms with Crippen LogP contribution < -0.4 is 9.46 Å². The number of unbranched alkanes of at least 4 members (excludes halogenated alkanes) is 1. The Morgan fingerprint density at radius 2 is 1.95 bits per heavy atom. The van der Waals surface area contributed by atoms with Gasteiger partial charge in [0.1, 0.15) is 5.75 Å². The molecule has 0 fully saturated rings. The van der Waals surface area contributed by atoms with Crippen LogP contribution in [0.1, 0.15) is 26.7 Å². The van der Waals surface area contributed by atoms with Crippen molar-refractivity contribution in [1.82, 2.24) is 4.72 Å². The van der Waals surface area contributed by atoms with Crippen molar-refractivity contribution in [3.8, 4) is 5.75 Å². The van der Waals surface area contributed by atoms with Gasteiger partial charge < -0.3 is 9.84 Å². The fourth-order valence-corrected chi connectivity index (χ4v) is 2.65. The van der Waals surface area contributed by atoms with Crippen LogP contribution in [0.4, 0.5) is 0 Å². The normalized spacial score (nSPS) is 13.2. The molecule has 5 nitrogen and oxygen atoms in total. The number of sulfonamides is 1. The molecule has 0 aliphatic rings. The van der Waals surface area contributed by atoms with Crippen LogP contribution in [-0.2, 0) is 10.0 Å². The molecule has 6 heteroatoms. The van der Waals surface area contributed by atoms with Gasteiger partial charge in [-0.2, -0.15) is 0 Å². The molecule has 0 radical (unpaired) electrons. The largest absolute Gasteiger partial charge is 0.494 e.